The molecular weight excluding hydrogens is 332 g/mol. The molecule has 3 rings (SSSR count). The number of fused-ring (bicyclic) bond motifs is 1. The Morgan fingerprint density at radius 3 is 2.83 bits per heavy atom. The van der Waals surface area contributed by atoms with Crippen LogP contribution in [0.4, 0.5) is 5.82 Å². The highest BCUT2D eigenvalue weighted by atomic mass is 32.2. The molecule has 126 valence electrons. The number of nitrogens with zero attached hydrogens (tertiary/aromatic N) is 4. The number of anilines is 1. The molecule has 0 aliphatic carbocycles. The zero-order chi connectivity index (χ0) is 17.3. The molecule has 0 aliphatic rings. The van der Waals surface area contributed by atoms with E-state index in [-0.39, 0.29) is 10.6 Å². The number of sulfonamides is 1. The lowest BCUT2D eigenvalue weighted by Gasteiger charge is -2.10. The predicted octanol–water partition coefficient (Wildman–Crippen LogP) is 0.631. The van der Waals surface area contributed by atoms with Crippen LogP contribution in [0.25, 0.3) is 11.0 Å². The number of methoxy groups -OCH3 is 1. The fraction of sp³-hybridized carbons (Fsp3) is 0.214. The van der Waals surface area contributed by atoms with Gasteiger partial charge < -0.3 is 10.1 Å². The zero-order valence-electron chi connectivity index (χ0n) is 13.1. The Morgan fingerprint density at radius 1 is 1.33 bits per heavy atom. The van der Waals surface area contributed by atoms with Gasteiger partial charge in [0.1, 0.15) is 22.8 Å². The molecule has 0 fully saturated rings. The van der Waals surface area contributed by atoms with Gasteiger partial charge in [0.25, 0.3) is 0 Å². The first-order chi connectivity index (χ1) is 11.4. The van der Waals surface area contributed by atoms with Crippen LogP contribution >= 0.6 is 0 Å². The summed E-state index contributed by atoms with van der Waals surface area (Å²) in [7, 11) is -0.637. The Labute approximate surface area is 138 Å². The highest BCUT2D eigenvalue weighted by Crippen LogP contribution is 2.25. The molecule has 0 atom stereocenters. The van der Waals surface area contributed by atoms with E-state index < -0.39 is 10.0 Å². The number of rotatable bonds is 5. The number of hydrogen-bond acceptors (Lipinski definition) is 7. The van der Waals surface area contributed by atoms with E-state index in [9.17, 15) is 8.42 Å². The topological polar surface area (TPSA) is 125 Å². The molecule has 0 spiro atoms. The largest absolute Gasteiger partial charge is 0.495 e. The Balaban J connectivity index is 1.86. The number of nitrogens with one attached hydrogen (secondary N) is 1. The van der Waals surface area contributed by atoms with Gasteiger partial charge in [-0.25, -0.2) is 23.5 Å². The van der Waals surface area contributed by atoms with E-state index in [4.69, 9.17) is 9.88 Å². The van der Waals surface area contributed by atoms with Crippen molar-refractivity contribution in [2.75, 3.05) is 12.4 Å². The number of primary sulfonamides is 1. The number of hydrogen-bond donors (Lipinski definition) is 2. The molecule has 2 aromatic heterocycles. The monoisotopic (exact) mass is 348 g/mol. The van der Waals surface area contributed by atoms with Crippen LogP contribution < -0.4 is 15.2 Å². The maximum atomic E-state index is 11.5. The van der Waals surface area contributed by atoms with E-state index in [1.165, 1.54) is 19.5 Å². The van der Waals surface area contributed by atoms with Gasteiger partial charge in [0.05, 0.1) is 18.7 Å². The second-order valence-electron chi connectivity index (χ2n) is 5.11. The summed E-state index contributed by atoms with van der Waals surface area (Å²) in [6, 6.07) is 4.70. The Morgan fingerprint density at radius 2 is 2.12 bits per heavy atom. The molecule has 0 radical (unpaired) electrons. The fourth-order valence-corrected chi connectivity index (χ4v) is 3.03. The second-order valence-corrected chi connectivity index (χ2v) is 6.64. The van der Waals surface area contributed by atoms with Crippen molar-refractivity contribution in [2.45, 2.75) is 11.4 Å². The summed E-state index contributed by atoms with van der Waals surface area (Å²) in [6.07, 6.45) is 3.14. The predicted molar refractivity (Wildman–Crippen MR) is 88.0 cm³/mol. The van der Waals surface area contributed by atoms with Gasteiger partial charge in [-0.3, -0.25) is 4.68 Å². The van der Waals surface area contributed by atoms with Crippen molar-refractivity contribution in [3.63, 3.8) is 0 Å². The molecule has 0 saturated heterocycles. The standard InChI is InChI=1S/C14H16N6O3S/c1-20-14-10(7-19-20)13(17-8-18-14)16-6-9-3-4-12(24(15,21)22)11(5-9)23-2/h3-5,7-8H,6H2,1-2H3,(H2,15,21,22)(H,16,17,18). The molecule has 10 heteroatoms. The summed E-state index contributed by atoms with van der Waals surface area (Å²) in [5.74, 6) is 0.841. The SMILES string of the molecule is COc1cc(CNc2ncnc3c2cnn3C)ccc1S(N)(=O)=O. The van der Waals surface area contributed by atoms with E-state index in [1.807, 2.05) is 0 Å². The van der Waals surface area contributed by atoms with Crippen LogP contribution in [-0.2, 0) is 23.6 Å². The number of benzene rings is 1. The van der Waals surface area contributed by atoms with E-state index in [0.29, 0.717) is 12.4 Å². The second kappa shape index (κ2) is 6.06. The zero-order valence-corrected chi connectivity index (χ0v) is 13.9. The summed E-state index contributed by atoms with van der Waals surface area (Å²) in [5.41, 5.74) is 1.53. The maximum absolute atomic E-state index is 11.5. The van der Waals surface area contributed by atoms with E-state index >= 15 is 0 Å². The first kappa shape index (κ1) is 16.1. The van der Waals surface area contributed by atoms with Crippen LogP contribution in [0, 0.1) is 0 Å². The molecule has 2 heterocycles. The van der Waals surface area contributed by atoms with Gasteiger partial charge in [-0.1, -0.05) is 6.07 Å². The molecule has 3 N–H and O–H groups in total. The van der Waals surface area contributed by atoms with Gasteiger partial charge in [-0.15, -0.1) is 0 Å². The smallest absolute Gasteiger partial charge is 0.241 e. The van der Waals surface area contributed by atoms with Crippen molar-refractivity contribution >= 4 is 26.9 Å². The van der Waals surface area contributed by atoms with E-state index in [2.05, 4.69) is 20.4 Å². The third-order valence-electron chi connectivity index (χ3n) is 3.52. The first-order valence-corrected chi connectivity index (χ1v) is 8.51. The quantitative estimate of drug-likeness (QED) is 0.693. The van der Waals surface area contributed by atoms with Crippen molar-refractivity contribution < 1.29 is 13.2 Å². The molecule has 24 heavy (non-hydrogen) atoms. The highest BCUT2D eigenvalue weighted by molar-refractivity contribution is 7.89. The summed E-state index contributed by atoms with van der Waals surface area (Å²) in [6.45, 7) is 0.419. The third-order valence-corrected chi connectivity index (χ3v) is 4.47. The molecule has 0 unspecified atom stereocenters. The lowest BCUT2D eigenvalue weighted by atomic mass is 10.2. The van der Waals surface area contributed by atoms with Crippen molar-refractivity contribution in [2.24, 2.45) is 12.2 Å². The summed E-state index contributed by atoms with van der Waals surface area (Å²) >= 11 is 0. The van der Waals surface area contributed by atoms with Crippen molar-refractivity contribution in [3.8, 4) is 5.75 Å². The van der Waals surface area contributed by atoms with Crippen molar-refractivity contribution in [1.29, 1.82) is 0 Å². The first-order valence-electron chi connectivity index (χ1n) is 6.96. The van der Waals surface area contributed by atoms with Crippen LogP contribution in [0.3, 0.4) is 0 Å². The Kier molecular flexibility index (Phi) is 4.08. The Hall–Kier alpha value is -2.72. The van der Waals surface area contributed by atoms with Crippen LogP contribution in [0.1, 0.15) is 5.56 Å². The minimum atomic E-state index is -3.83. The highest BCUT2D eigenvalue weighted by Gasteiger charge is 2.15. The summed E-state index contributed by atoms with van der Waals surface area (Å²) < 4.78 is 29.8. The van der Waals surface area contributed by atoms with Gasteiger partial charge in [-0.05, 0) is 17.7 Å². The summed E-state index contributed by atoms with van der Waals surface area (Å²) in [5, 5.41) is 13.3. The van der Waals surface area contributed by atoms with Gasteiger partial charge in [0, 0.05) is 13.6 Å². The van der Waals surface area contributed by atoms with Crippen LogP contribution in [0.15, 0.2) is 35.6 Å². The average Bonchev–Trinajstić information content (AvgIpc) is 2.93. The number of aromatic nitrogens is 4. The maximum Gasteiger partial charge on any atom is 0.241 e. The molecule has 0 amide bonds. The van der Waals surface area contributed by atoms with Crippen molar-refractivity contribution in [1.82, 2.24) is 19.7 Å². The number of aryl methyl sites for hydroxylation is 1. The molecule has 9 nitrogen and oxygen atoms in total. The van der Waals surface area contributed by atoms with E-state index in [1.54, 1.807) is 30.1 Å². The van der Waals surface area contributed by atoms with Gasteiger partial charge in [0.15, 0.2) is 5.65 Å². The van der Waals surface area contributed by atoms with Crippen LogP contribution in [0.2, 0.25) is 0 Å². The summed E-state index contributed by atoms with van der Waals surface area (Å²) in [4.78, 5) is 8.33. The Bertz CT molecular complexity index is 999. The van der Waals surface area contributed by atoms with Gasteiger partial charge in [-0.2, -0.15) is 5.10 Å². The average molecular weight is 348 g/mol. The lowest BCUT2D eigenvalue weighted by molar-refractivity contribution is 0.402. The fourth-order valence-electron chi connectivity index (χ4n) is 2.35. The van der Waals surface area contributed by atoms with Crippen LogP contribution in [-0.4, -0.2) is 35.3 Å². The molecule has 1 aromatic carbocycles. The lowest BCUT2D eigenvalue weighted by Crippen LogP contribution is -2.14. The minimum Gasteiger partial charge on any atom is -0.495 e. The van der Waals surface area contributed by atoms with Gasteiger partial charge in [0.2, 0.25) is 10.0 Å². The molecule has 0 aliphatic heterocycles. The number of nitrogens with two attached hydrogens (primary N) is 1. The molecule has 0 saturated carbocycles. The van der Waals surface area contributed by atoms with Crippen LogP contribution in [0.5, 0.6) is 5.75 Å². The van der Waals surface area contributed by atoms with E-state index in [0.717, 1.165) is 16.6 Å². The number of ether oxygens (including phenoxy) is 1. The normalized spacial score (nSPS) is 11.6. The molecular formula is C14H16N6O3S. The van der Waals surface area contributed by atoms with Crippen molar-refractivity contribution in [3.05, 3.63) is 36.3 Å². The third kappa shape index (κ3) is 3.01. The molecule has 0 bridgehead atoms. The minimum absolute atomic E-state index is 0.0505. The van der Waals surface area contributed by atoms with Gasteiger partial charge >= 0.3 is 0 Å². The molecule has 3 aromatic rings.